The smallest absolute Gasteiger partial charge is 0.319 e. The van der Waals surface area contributed by atoms with Crippen molar-refractivity contribution in [1.82, 2.24) is 10.3 Å². The SMILES string of the molecule is CNC(=O)C(C)(Cc1nccc(OC)c1OC)C(=O)O. The Hall–Kier alpha value is -2.31. The zero-order valence-corrected chi connectivity index (χ0v) is 11.9. The lowest BCUT2D eigenvalue weighted by atomic mass is 9.84. The van der Waals surface area contributed by atoms with E-state index in [2.05, 4.69) is 10.3 Å². The normalized spacial score (nSPS) is 13.2. The Kier molecular flexibility index (Phi) is 4.90. The van der Waals surface area contributed by atoms with E-state index >= 15 is 0 Å². The molecule has 0 bridgehead atoms. The summed E-state index contributed by atoms with van der Waals surface area (Å²) < 4.78 is 10.3. The molecule has 7 nitrogen and oxygen atoms in total. The van der Waals surface area contributed by atoms with Crippen LogP contribution >= 0.6 is 0 Å². The fourth-order valence-electron chi connectivity index (χ4n) is 1.84. The fraction of sp³-hybridized carbons (Fsp3) is 0.462. The van der Waals surface area contributed by atoms with Crippen LogP contribution < -0.4 is 14.8 Å². The van der Waals surface area contributed by atoms with Crippen LogP contribution in [0.2, 0.25) is 0 Å². The van der Waals surface area contributed by atoms with Crippen molar-refractivity contribution in [3.05, 3.63) is 18.0 Å². The van der Waals surface area contributed by atoms with Crippen LogP contribution in [-0.2, 0) is 16.0 Å². The van der Waals surface area contributed by atoms with Gasteiger partial charge in [-0.3, -0.25) is 14.6 Å². The number of nitrogens with zero attached hydrogens (tertiary/aromatic N) is 1. The van der Waals surface area contributed by atoms with Crippen molar-refractivity contribution in [2.24, 2.45) is 5.41 Å². The van der Waals surface area contributed by atoms with E-state index in [0.29, 0.717) is 17.2 Å². The van der Waals surface area contributed by atoms with Crippen molar-refractivity contribution in [3.63, 3.8) is 0 Å². The maximum absolute atomic E-state index is 11.8. The standard InChI is InChI=1S/C13H18N2O5/c1-13(12(17)18,11(16)14-2)7-8-10(20-4)9(19-3)5-6-15-8/h5-6H,7H2,1-4H3,(H,14,16)(H,17,18). The number of hydrogen-bond donors (Lipinski definition) is 2. The number of carbonyl (C=O) groups excluding carboxylic acids is 1. The average molecular weight is 282 g/mol. The second-order valence-corrected chi connectivity index (χ2v) is 4.39. The first kappa shape index (κ1) is 15.7. The van der Waals surface area contributed by atoms with Gasteiger partial charge in [0.25, 0.3) is 0 Å². The molecule has 1 amide bonds. The van der Waals surface area contributed by atoms with Gasteiger partial charge in [0.05, 0.1) is 19.9 Å². The third-order valence-corrected chi connectivity index (χ3v) is 3.09. The van der Waals surface area contributed by atoms with E-state index in [4.69, 9.17) is 9.47 Å². The predicted octanol–water partition coefficient (Wildman–Crippen LogP) is 0.478. The van der Waals surface area contributed by atoms with Gasteiger partial charge in [0.1, 0.15) is 5.41 Å². The minimum Gasteiger partial charge on any atom is -0.493 e. The highest BCUT2D eigenvalue weighted by Crippen LogP contribution is 2.33. The molecule has 0 spiro atoms. The molecule has 7 heteroatoms. The second kappa shape index (κ2) is 6.23. The summed E-state index contributed by atoms with van der Waals surface area (Å²) in [4.78, 5) is 27.4. The number of methoxy groups -OCH3 is 2. The molecule has 0 aromatic carbocycles. The number of aromatic nitrogens is 1. The van der Waals surface area contributed by atoms with Crippen molar-refractivity contribution in [3.8, 4) is 11.5 Å². The van der Waals surface area contributed by atoms with Crippen LogP contribution in [0.25, 0.3) is 0 Å². The first-order chi connectivity index (χ1) is 9.40. The summed E-state index contributed by atoms with van der Waals surface area (Å²) in [5.41, 5.74) is -1.29. The predicted molar refractivity (Wildman–Crippen MR) is 70.9 cm³/mol. The molecule has 1 rings (SSSR count). The van der Waals surface area contributed by atoms with E-state index in [9.17, 15) is 14.7 Å². The molecule has 2 N–H and O–H groups in total. The van der Waals surface area contributed by atoms with Crippen molar-refractivity contribution < 1.29 is 24.2 Å². The summed E-state index contributed by atoms with van der Waals surface area (Å²) in [5.74, 6) is -1.08. The van der Waals surface area contributed by atoms with Crippen molar-refractivity contribution in [2.45, 2.75) is 13.3 Å². The Morgan fingerprint density at radius 2 is 2.05 bits per heavy atom. The third kappa shape index (κ3) is 2.81. The number of ether oxygens (including phenoxy) is 2. The maximum Gasteiger partial charge on any atom is 0.319 e. The van der Waals surface area contributed by atoms with E-state index in [0.717, 1.165) is 0 Å². The lowest BCUT2D eigenvalue weighted by Crippen LogP contribution is -2.45. The first-order valence-corrected chi connectivity index (χ1v) is 5.92. The lowest BCUT2D eigenvalue weighted by Gasteiger charge is -2.23. The molecule has 110 valence electrons. The molecule has 20 heavy (non-hydrogen) atoms. The van der Waals surface area contributed by atoms with Gasteiger partial charge in [0.15, 0.2) is 11.5 Å². The molecular weight excluding hydrogens is 264 g/mol. The Bertz CT molecular complexity index is 517. The Morgan fingerprint density at radius 1 is 1.40 bits per heavy atom. The van der Waals surface area contributed by atoms with Gasteiger partial charge in [-0.15, -0.1) is 0 Å². The number of carboxylic acids is 1. The quantitative estimate of drug-likeness (QED) is 0.736. The van der Waals surface area contributed by atoms with Crippen molar-refractivity contribution in [2.75, 3.05) is 21.3 Å². The number of carboxylic acid groups (broad SMARTS) is 1. The van der Waals surface area contributed by atoms with Crippen LogP contribution in [0.15, 0.2) is 12.3 Å². The summed E-state index contributed by atoms with van der Waals surface area (Å²) in [6.07, 6.45) is 1.37. The molecule has 0 aliphatic rings. The molecule has 1 unspecified atom stereocenters. The van der Waals surface area contributed by atoms with Crippen LogP contribution in [0, 0.1) is 5.41 Å². The largest absolute Gasteiger partial charge is 0.493 e. The lowest BCUT2D eigenvalue weighted by molar-refractivity contribution is -0.154. The zero-order chi connectivity index (χ0) is 15.3. The second-order valence-electron chi connectivity index (χ2n) is 4.39. The number of hydrogen-bond acceptors (Lipinski definition) is 5. The highest BCUT2D eigenvalue weighted by Gasteiger charge is 2.42. The van der Waals surface area contributed by atoms with Crippen LogP contribution in [0.5, 0.6) is 11.5 Å². The zero-order valence-electron chi connectivity index (χ0n) is 11.9. The Morgan fingerprint density at radius 3 is 2.50 bits per heavy atom. The monoisotopic (exact) mass is 282 g/mol. The van der Waals surface area contributed by atoms with Gasteiger partial charge in [-0.1, -0.05) is 0 Å². The number of aliphatic carboxylic acids is 1. The van der Waals surface area contributed by atoms with Gasteiger partial charge < -0.3 is 19.9 Å². The number of carbonyl (C=O) groups is 2. The maximum atomic E-state index is 11.8. The molecule has 0 fully saturated rings. The van der Waals surface area contributed by atoms with Crippen molar-refractivity contribution >= 4 is 11.9 Å². The van der Waals surface area contributed by atoms with Gasteiger partial charge in [0.2, 0.25) is 5.91 Å². The molecule has 0 saturated heterocycles. The van der Waals surface area contributed by atoms with Crippen LogP contribution in [0.3, 0.4) is 0 Å². The van der Waals surface area contributed by atoms with E-state index in [1.165, 1.54) is 34.4 Å². The van der Waals surface area contributed by atoms with E-state index in [1.54, 1.807) is 6.07 Å². The molecule has 0 radical (unpaired) electrons. The minimum atomic E-state index is -1.64. The molecule has 1 aromatic heterocycles. The molecule has 0 saturated carbocycles. The first-order valence-electron chi connectivity index (χ1n) is 5.92. The van der Waals surface area contributed by atoms with Gasteiger partial charge in [0, 0.05) is 25.7 Å². The van der Waals surface area contributed by atoms with E-state index < -0.39 is 17.3 Å². The molecular formula is C13H18N2O5. The summed E-state index contributed by atoms with van der Waals surface area (Å²) in [6.45, 7) is 1.34. The summed E-state index contributed by atoms with van der Waals surface area (Å²) in [5, 5.41) is 11.7. The molecule has 1 aromatic rings. The van der Waals surface area contributed by atoms with Gasteiger partial charge in [-0.25, -0.2) is 0 Å². The van der Waals surface area contributed by atoms with Crippen LogP contribution in [0.4, 0.5) is 0 Å². The fourth-order valence-corrected chi connectivity index (χ4v) is 1.84. The molecule has 1 heterocycles. The average Bonchev–Trinajstić information content (AvgIpc) is 2.45. The molecule has 0 aliphatic carbocycles. The topological polar surface area (TPSA) is 97.8 Å². The van der Waals surface area contributed by atoms with Crippen LogP contribution in [-0.4, -0.2) is 43.2 Å². The van der Waals surface area contributed by atoms with Crippen LogP contribution in [0.1, 0.15) is 12.6 Å². The van der Waals surface area contributed by atoms with Gasteiger partial charge in [-0.2, -0.15) is 0 Å². The van der Waals surface area contributed by atoms with E-state index in [-0.39, 0.29) is 6.42 Å². The highest BCUT2D eigenvalue weighted by molar-refractivity contribution is 6.01. The highest BCUT2D eigenvalue weighted by atomic mass is 16.5. The summed E-state index contributed by atoms with van der Waals surface area (Å²) in [7, 11) is 4.29. The minimum absolute atomic E-state index is 0.109. The number of pyridine rings is 1. The summed E-state index contributed by atoms with van der Waals surface area (Å²) >= 11 is 0. The molecule has 0 aliphatic heterocycles. The summed E-state index contributed by atoms with van der Waals surface area (Å²) in [6, 6.07) is 1.60. The van der Waals surface area contributed by atoms with Crippen molar-refractivity contribution in [1.29, 1.82) is 0 Å². The van der Waals surface area contributed by atoms with Gasteiger partial charge >= 0.3 is 5.97 Å². The Balaban J connectivity index is 3.25. The number of amides is 1. The number of rotatable bonds is 6. The van der Waals surface area contributed by atoms with E-state index in [1.807, 2.05) is 0 Å². The Labute approximate surface area is 116 Å². The van der Waals surface area contributed by atoms with Gasteiger partial charge in [-0.05, 0) is 6.92 Å². The number of nitrogens with one attached hydrogen (secondary N) is 1. The third-order valence-electron chi connectivity index (χ3n) is 3.09. The molecule has 1 atom stereocenters.